The van der Waals surface area contributed by atoms with E-state index in [1.807, 2.05) is 32.0 Å². The fraction of sp³-hybridized carbons (Fsp3) is 0.333. The average Bonchev–Trinajstić information content (AvgIpc) is 2.59. The van der Waals surface area contributed by atoms with E-state index in [4.69, 9.17) is 0 Å². The van der Waals surface area contributed by atoms with Gasteiger partial charge in [-0.3, -0.25) is 9.59 Å². The molecule has 0 aliphatic rings. The summed E-state index contributed by atoms with van der Waals surface area (Å²) < 4.78 is 12.9. The Labute approximate surface area is 154 Å². The van der Waals surface area contributed by atoms with Crippen molar-refractivity contribution in [3.8, 4) is 0 Å². The standard InChI is InChI=1S/C21H25FN2O2/c1-15-4-5-16(2)20(14-15)23-21(26)11-13-24(17(3)25)12-10-18-6-8-19(22)9-7-18/h4-9,14H,10-13H2,1-3H3,(H,23,26). The van der Waals surface area contributed by atoms with Crippen LogP contribution in [0.5, 0.6) is 0 Å². The fourth-order valence-electron chi connectivity index (χ4n) is 2.66. The highest BCUT2D eigenvalue weighted by molar-refractivity contribution is 5.92. The van der Waals surface area contributed by atoms with Crippen LogP contribution in [0.3, 0.4) is 0 Å². The van der Waals surface area contributed by atoms with Crippen LogP contribution in [0.25, 0.3) is 0 Å². The second-order valence-corrected chi connectivity index (χ2v) is 6.50. The summed E-state index contributed by atoms with van der Waals surface area (Å²) >= 11 is 0. The number of benzene rings is 2. The molecule has 0 saturated carbocycles. The largest absolute Gasteiger partial charge is 0.342 e. The van der Waals surface area contributed by atoms with Crippen molar-refractivity contribution in [2.24, 2.45) is 0 Å². The first-order chi connectivity index (χ1) is 12.3. The molecule has 0 bridgehead atoms. The minimum absolute atomic E-state index is 0.0772. The van der Waals surface area contributed by atoms with Gasteiger partial charge in [-0.1, -0.05) is 24.3 Å². The molecule has 1 N–H and O–H groups in total. The Morgan fingerprint density at radius 3 is 2.38 bits per heavy atom. The van der Waals surface area contributed by atoms with Gasteiger partial charge in [-0.2, -0.15) is 0 Å². The number of halogens is 1. The molecule has 2 rings (SSSR count). The molecule has 0 aromatic heterocycles. The van der Waals surface area contributed by atoms with Gasteiger partial charge in [0.05, 0.1) is 0 Å². The van der Waals surface area contributed by atoms with Crippen LogP contribution in [0.4, 0.5) is 10.1 Å². The van der Waals surface area contributed by atoms with E-state index in [0.29, 0.717) is 19.5 Å². The highest BCUT2D eigenvalue weighted by atomic mass is 19.1. The Morgan fingerprint density at radius 1 is 1.04 bits per heavy atom. The number of anilines is 1. The summed E-state index contributed by atoms with van der Waals surface area (Å²) in [5.74, 6) is -0.473. The molecule has 0 heterocycles. The number of hydrogen-bond donors (Lipinski definition) is 1. The monoisotopic (exact) mass is 356 g/mol. The van der Waals surface area contributed by atoms with E-state index in [1.165, 1.54) is 19.1 Å². The SMILES string of the molecule is CC(=O)N(CCC(=O)Nc1cc(C)ccc1C)CCc1ccc(F)cc1. The van der Waals surface area contributed by atoms with E-state index in [1.54, 1.807) is 17.0 Å². The second kappa shape index (κ2) is 9.13. The zero-order chi connectivity index (χ0) is 19.1. The quantitative estimate of drug-likeness (QED) is 0.819. The number of nitrogens with zero attached hydrogens (tertiary/aromatic N) is 1. The van der Waals surface area contributed by atoms with Crippen LogP contribution in [0.1, 0.15) is 30.0 Å². The number of aryl methyl sites for hydroxylation is 2. The summed E-state index contributed by atoms with van der Waals surface area (Å²) in [4.78, 5) is 25.7. The summed E-state index contributed by atoms with van der Waals surface area (Å²) in [6.45, 7) is 6.26. The maximum absolute atomic E-state index is 12.9. The Kier molecular flexibility index (Phi) is 6.89. The van der Waals surface area contributed by atoms with Crippen molar-refractivity contribution < 1.29 is 14.0 Å². The number of hydrogen-bond acceptors (Lipinski definition) is 2. The maximum Gasteiger partial charge on any atom is 0.226 e. The normalized spacial score (nSPS) is 10.5. The van der Waals surface area contributed by atoms with E-state index >= 15 is 0 Å². The Bertz CT molecular complexity index is 772. The molecule has 5 heteroatoms. The lowest BCUT2D eigenvalue weighted by molar-refractivity contribution is -0.129. The van der Waals surface area contributed by atoms with Crippen LogP contribution in [0.15, 0.2) is 42.5 Å². The maximum atomic E-state index is 12.9. The van der Waals surface area contributed by atoms with Crippen molar-refractivity contribution in [2.45, 2.75) is 33.6 Å². The van der Waals surface area contributed by atoms with Gasteiger partial charge < -0.3 is 10.2 Å². The van der Waals surface area contributed by atoms with Gasteiger partial charge in [0.1, 0.15) is 5.82 Å². The van der Waals surface area contributed by atoms with Crippen LogP contribution < -0.4 is 5.32 Å². The molecule has 0 spiro atoms. The number of carbonyl (C=O) groups excluding carboxylic acids is 2. The lowest BCUT2D eigenvalue weighted by Crippen LogP contribution is -2.33. The van der Waals surface area contributed by atoms with Gasteiger partial charge in [0.25, 0.3) is 0 Å². The molecule has 0 radical (unpaired) electrons. The molecule has 2 aromatic rings. The van der Waals surface area contributed by atoms with E-state index in [9.17, 15) is 14.0 Å². The highest BCUT2D eigenvalue weighted by Crippen LogP contribution is 2.16. The zero-order valence-electron chi connectivity index (χ0n) is 15.5. The van der Waals surface area contributed by atoms with Gasteiger partial charge in [0.15, 0.2) is 0 Å². The van der Waals surface area contributed by atoms with Crippen molar-refractivity contribution in [2.75, 3.05) is 18.4 Å². The van der Waals surface area contributed by atoms with Crippen LogP contribution in [0.2, 0.25) is 0 Å². The molecule has 0 unspecified atom stereocenters. The third-order valence-corrected chi connectivity index (χ3v) is 4.30. The summed E-state index contributed by atoms with van der Waals surface area (Å²) in [5.41, 5.74) is 3.84. The van der Waals surface area contributed by atoms with Gasteiger partial charge >= 0.3 is 0 Å². The molecule has 2 amide bonds. The molecule has 26 heavy (non-hydrogen) atoms. The first-order valence-electron chi connectivity index (χ1n) is 8.72. The Balaban J connectivity index is 1.87. The summed E-state index contributed by atoms with van der Waals surface area (Å²) in [6, 6.07) is 12.1. The van der Waals surface area contributed by atoms with E-state index < -0.39 is 0 Å². The molecule has 0 aliphatic carbocycles. The minimum atomic E-state index is -0.278. The molecular weight excluding hydrogens is 331 g/mol. The fourth-order valence-corrected chi connectivity index (χ4v) is 2.66. The molecule has 2 aromatic carbocycles. The third-order valence-electron chi connectivity index (χ3n) is 4.30. The van der Waals surface area contributed by atoms with Gasteiger partial charge in [-0.05, 0) is 55.2 Å². The lowest BCUT2D eigenvalue weighted by atomic mass is 10.1. The first-order valence-corrected chi connectivity index (χ1v) is 8.72. The average molecular weight is 356 g/mol. The summed E-state index contributed by atoms with van der Waals surface area (Å²) in [5, 5.41) is 2.91. The molecule has 0 aliphatic heterocycles. The van der Waals surface area contributed by atoms with Crippen molar-refractivity contribution in [3.05, 3.63) is 65.0 Å². The third kappa shape index (κ3) is 5.99. The predicted molar refractivity (Wildman–Crippen MR) is 102 cm³/mol. The van der Waals surface area contributed by atoms with E-state index in [-0.39, 0.29) is 24.1 Å². The smallest absolute Gasteiger partial charge is 0.226 e. The molecule has 0 fully saturated rings. The zero-order valence-corrected chi connectivity index (χ0v) is 15.5. The van der Waals surface area contributed by atoms with E-state index in [0.717, 1.165) is 22.4 Å². The highest BCUT2D eigenvalue weighted by Gasteiger charge is 2.12. The second-order valence-electron chi connectivity index (χ2n) is 6.50. The molecule has 138 valence electrons. The topological polar surface area (TPSA) is 49.4 Å². The molecular formula is C21H25FN2O2. The van der Waals surface area contributed by atoms with Crippen LogP contribution in [-0.2, 0) is 16.0 Å². The Hall–Kier alpha value is -2.69. The number of amides is 2. The Morgan fingerprint density at radius 2 is 1.73 bits per heavy atom. The van der Waals surface area contributed by atoms with E-state index in [2.05, 4.69) is 5.32 Å². The minimum Gasteiger partial charge on any atom is -0.342 e. The van der Waals surface area contributed by atoms with Crippen LogP contribution >= 0.6 is 0 Å². The lowest BCUT2D eigenvalue weighted by Gasteiger charge is -2.21. The van der Waals surface area contributed by atoms with Gasteiger partial charge in [0, 0.05) is 32.1 Å². The van der Waals surface area contributed by atoms with Gasteiger partial charge in [0.2, 0.25) is 11.8 Å². The van der Waals surface area contributed by atoms with Crippen molar-refractivity contribution in [1.82, 2.24) is 4.90 Å². The first kappa shape index (κ1) is 19.6. The number of nitrogens with one attached hydrogen (secondary N) is 1. The van der Waals surface area contributed by atoms with Crippen LogP contribution in [0, 0.1) is 19.7 Å². The molecule has 4 nitrogen and oxygen atoms in total. The predicted octanol–water partition coefficient (Wildman–Crippen LogP) is 3.86. The molecule has 0 atom stereocenters. The van der Waals surface area contributed by atoms with Crippen molar-refractivity contribution >= 4 is 17.5 Å². The number of carbonyl (C=O) groups is 2. The van der Waals surface area contributed by atoms with Crippen molar-refractivity contribution in [3.63, 3.8) is 0 Å². The summed E-state index contributed by atoms with van der Waals surface area (Å²) in [6.07, 6.45) is 0.856. The molecule has 0 saturated heterocycles. The number of rotatable bonds is 7. The summed E-state index contributed by atoms with van der Waals surface area (Å²) in [7, 11) is 0. The van der Waals surface area contributed by atoms with Gasteiger partial charge in [-0.15, -0.1) is 0 Å². The van der Waals surface area contributed by atoms with Gasteiger partial charge in [-0.25, -0.2) is 4.39 Å². The van der Waals surface area contributed by atoms with Crippen molar-refractivity contribution in [1.29, 1.82) is 0 Å². The van der Waals surface area contributed by atoms with Crippen LogP contribution in [-0.4, -0.2) is 29.8 Å².